The topological polar surface area (TPSA) is 38.3 Å². The van der Waals surface area contributed by atoms with Crippen LogP contribution in [0.15, 0.2) is 0 Å². The molecule has 0 heterocycles. The standard InChI is InChI=1S/C13H27NO2S/c1-5-8-11(14-9-6-2)12(7-3)17-10-13(15)16-4/h11-12,14H,5-10H2,1-4H3. The van der Waals surface area contributed by atoms with Gasteiger partial charge in [0, 0.05) is 11.3 Å². The molecule has 0 aliphatic rings. The summed E-state index contributed by atoms with van der Waals surface area (Å²) in [6, 6.07) is 0.514. The van der Waals surface area contributed by atoms with E-state index in [9.17, 15) is 4.79 Å². The predicted molar refractivity (Wildman–Crippen MR) is 75.5 cm³/mol. The number of carbonyl (C=O) groups is 1. The van der Waals surface area contributed by atoms with Crippen molar-refractivity contribution in [1.82, 2.24) is 5.32 Å². The van der Waals surface area contributed by atoms with Gasteiger partial charge in [-0.3, -0.25) is 4.79 Å². The lowest BCUT2D eigenvalue weighted by Crippen LogP contribution is -2.38. The molecule has 3 nitrogen and oxygen atoms in total. The summed E-state index contributed by atoms with van der Waals surface area (Å²) in [5.41, 5.74) is 0. The van der Waals surface area contributed by atoms with Crippen LogP contribution in [-0.2, 0) is 9.53 Å². The summed E-state index contributed by atoms with van der Waals surface area (Å²) in [5, 5.41) is 4.09. The first-order chi connectivity index (χ1) is 8.19. The third kappa shape index (κ3) is 7.66. The highest BCUT2D eigenvalue weighted by Gasteiger charge is 2.20. The summed E-state index contributed by atoms with van der Waals surface area (Å²) >= 11 is 1.72. The molecule has 0 radical (unpaired) electrons. The average Bonchev–Trinajstić information content (AvgIpc) is 2.35. The molecule has 0 aromatic heterocycles. The Morgan fingerprint density at radius 2 is 2.00 bits per heavy atom. The van der Waals surface area contributed by atoms with E-state index in [4.69, 9.17) is 0 Å². The van der Waals surface area contributed by atoms with Gasteiger partial charge in [0.2, 0.25) is 0 Å². The van der Waals surface area contributed by atoms with E-state index in [1.54, 1.807) is 11.8 Å². The van der Waals surface area contributed by atoms with Gasteiger partial charge in [-0.15, -0.1) is 11.8 Å². The Balaban J connectivity index is 4.17. The van der Waals surface area contributed by atoms with Gasteiger partial charge >= 0.3 is 5.97 Å². The molecule has 0 amide bonds. The molecule has 0 aliphatic heterocycles. The average molecular weight is 261 g/mol. The van der Waals surface area contributed by atoms with Crippen molar-refractivity contribution >= 4 is 17.7 Å². The summed E-state index contributed by atoms with van der Waals surface area (Å²) in [7, 11) is 1.45. The van der Waals surface area contributed by atoms with Crippen molar-refractivity contribution in [2.75, 3.05) is 19.4 Å². The molecule has 0 aliphatic carbocycles. The summed E-state index contributed by atoms with van der Waals surface area (Å²) in [4.78, 5) is 11.2. The van der Waals surface area contributed by atoms with Crippen molar-refractivity contribution < 1.29 is 9.53 Å². The van der Waals surface area contributed by atoms with Crippen LogP contribution < -0.4 is 5.32 Å². The van der Waals surface area contributed by atoms with Crippen LogP contribution in [0.4, 0.5) is 0 Å². The van der Waals surface area contributed by atoms with Gasteiger partial charge in [-0.05, 0) is 25.8 Å². The van der Waals surface area contributed by atoms with Crippen molar-refractivity contribution in [2.24, 2.45) is 0 Å². The third-order valence-corrected chi connectivity index (χ3v) is 4.24. The van der Waals surface area contributed by atoms with E-state index in [0.29, 0.717) is 17.0 Å². The SMILES string of the molecule is CCCNC(CCC)C(CC)SCC(=O)OC. The zero-order valence-corrected chi connectivity index (χ0v) is 12.4. The van der Waals surface area contributed by atoms with E-state index in [0.717, 1.165) is 19.4 Å². The van der Waals surface area contributed by atoms with E-state index in [-0.39, 0.29) is 5.97 Å². The highest BCUT2D eigenvalue weighted by Crippen LogP contribution is 2.21. The lowest BCUT2D eigenvalue weighted by atomic mass is 10.1. The minimum Gasteiger partial charge on any atom is -0.468 e. The Morgan fingerprint density at radius 3 is 2.47 bits per heavy atom. The molecular formula is C13H27NO2S. The normalized spacial score (nSPS) is 14.4. The Hall–Kier alpha value is -0.220. The Labute approximate surface area is 110 Å². The first kappa shape index (κ1) is 16.8. The van der Waals surface area contributed by atoms with E-state index in [2.05, 4.69) is 30.8 Å². The second-order valence-corrected chi connectivity index (χ2v) is 5.41. The summed E-state index contributed by atoms with van der Waals surface area (Å²) in [6.45, 7) is 7.63. The lowest BCUT2D eigenvalue weighted by Gasteiger charge is -2.26. The maximum Gasteiger partial charge on any atom is 0.315 e. The molecule has 0 saturated carbocycles. The molecule has 0 saturated heterocycles. The summed E-state index contributed by atoms with van der Waals surface area (Å²) in [5.74, 6) is 0.336. The van der Waals surface area contributed by atoms with Crippen LogP contribution in [0, 0.1) is 0 Å². The van der Waals surface area contributed by atoms with Crippen molar-refractivity contribution in [1.29, 1.82) is 0 Å². The molecule has 0 bridgehead atoms. The molecule has 1 N–H and O–H groups in total. The molecular weight excluding hydrogens is 234 g/mol. The quantitative estimate of drug-likeness (QED) is 0.614. The van der Waals surface area contributed by atoms with Gasteiger partial charge in [-0.25, -0.2) is 0 Å². The third-order valence-electron chi connectivity index (χ3n) is 2.75. The molecule has 0 aromatic rings. The molecule has 4 heteroatoms. The molecule has 0 fully saturated rings. The molecule has 102 valence electrons. The maximum atomic E-state index is 11.2. The molecule has 2 atom stereocenters. The number of thioether (sulfide) groups is 1. The monoisotopic (exact) mass is 261 g/mol. The Bertz CT molecular complexity index is 200. The number of carbonyl (C=O) groups excluding carboxylic acids is 1. The second kappa shape index (κ2) is 10.9. The Morgan fingerprint density at radius 1 is 1.29 bits per heavy atom. The van der Waals surface area contributed by atoms with Crippen molar-refractivity contribution in [3.05, 3.63) is 0 Å². The van der Waals surface area contributed by atoms with E-state index < -0.39 is 0 Å². The van der Waals surface area contributed by atoms with Crippen LogP contribution in [0.5, 0.6) is 0 Å². The first-order valence-corrected chi connectivity index (χ1v) is 7.66. The maximum absolute atomic E-state index is 11.2. The van der Waals surface area contributed by atoms with E-state index in [1.165, 1.54) is 20.0 Å². The highest BCUT2D eigenvalue weighted by atomic mass is 32.2. The van der Waals surface area contributed by atoms with E-state index >= 15 is 0 Å². The van der Waals surface area contributed by atoms with Crippen molar-refractivity contribution in [3.63, 3.8) is 0 Å². The number of nitrogens with one attached hydrogen (secondary N) is 1. The summed E-state index contributed by atoms with van der Waals surface area (Å²) in [6.07, 6.45) is 4.59. The summed E-state index contributed by atoms with van der Waals surface area (Å²) < 4.78 is 4.69. The van der Waals surface area contributed by atoms with Crippen LogP contribution in [0.2, 0.25) is 0 Å². The van der Waals surface area contributed by atoms with Crippen LogP contribution >= 0.6 is 11.8 Å². The van der Waals surface area contributed by atoms with Gasteiger partial charge in [-0.2, -0.15) is 0 Å². The van der Waals surface area contributed by atoms with Gasteiger partial charge < -0.3 is 10.1 Å². The number of esters is 1. The number of hydrogen-bond acceptors (Lipinski definition) is 4. The minimum absolute atomic E-state index is 0.126. The molecule has 2 unspecified atom stereocenters. The fourth-order valence-electron chi connectivity index (χ4n) is 1.81. The largest absolute Gasteiger partial charge is 0.468 e. The van der Waals surface area contributed by atoms with Gasteiger partial charge in [0.1, 0.15) is 0 Å². The van der Waals surface area contributed by atoms with Crippen LogP contribution in [-0.4, -0.2) is 36.7 Å². The number of methoxy groups -OCH3 is 1. The molecule has 0 aromatic carbocycles. The van der Waals surface area contributed by atoms with Gasteiger partial charge in [-0.1, -0.05) is 27.2 Å². The van der Waals surface area contributed by atoms with E-state index in [1.807, 2.05) is 0 Å². The van der Waals surface area contributed by atoms with Gasteiger partial charge in [0.15, 0.2) is 0 Å². The zero-order valence-electron chi connectivity index (χ0n) is 11.6. The highest BCUT2D eigenvalue weighted by molar-refractivity contribution is 8.00. The number of rotatable bonds is 10. The number of ether oxygens (including phenoxy) is 1. The predicted octanol–water partition coefficient (Wildman–Crippen LogP) is 2.84. The first-order valence-electron chi connectivity index (χ1n) is 6.61. The fourth-order valence-corrected chi connectivity index (χ4v) is 2.98. The van der Waals surface area contributed by atoms with Crippen LogP contribution in [0.1, 0.15) is 46.5 Å². The molecule has 0 rings (SSSR count). The minimum atomic E-state index is -0.126. The van der Waals surface area contributed by atoms with Crippen LogP contribution in [0.25, 0.3) is 0 Å². The van der Waals surface area contributed by atoms with Gasteiger partial charge in [0.05, 0.1) is 12.9 Å². The smallest absolute Gasteiger partial charge is 0.315 e. The zero-order chi connectivity index (χ0) is 13.1. The lowest BCUT2D eigenvalue weighted by molar-refractivity contribution is -0.137. The molecule has 0 spiro atoms. The Kier molecular flexibility index (Phi) is 10.8. The van der Waals surface area contributed by atoms with Gasteiger partial charge in [0.25, 0.3) is 0 Å². The van der Waals surface area contributed by atoms with Crippen LogP contribution in [0.3, 0.4) is 0 Å². The van der Waals surface area contributed by atoms with Crippen molar-refractivity contribution in [2.45, 2.75) is 57.7 Å². The second-order valence-electron chi connectivity index (χ2n) is 4.18. The number of hydrogen-bond donors (Lipinski definition) is 1. The molecule has 17 heavy (non-hydrogen) atoms. The fraction of sp³-hybridized carbons (Fsp3) is 0.923. The van der Waals surface area contributed by atoms with Crippen molar-refractivity contribution in [3.8, 4) is 0 Å².